The topological polar surface area (TPSA) is 113 Å². The zero-order valence-corrected chi connectivity index (χ0v) is 18.6. The van der Waals surface area contributed by atoms with Crippen molar-refractivity contribution < 1.29 is 4.74 Å². The fourth-order valence-electron chi connectivity index (χ4n) is 3.19. The number of aryl methyl sites for hydroxylation is 1. The first kappa shape index (κ1) is 22.3. The van der Waals surface area contributed by atoms with Gasteiger partial charge < -0.3 is 20.0 Å². The SMILES string of the molecule is Cc1cc(Oc2ccc(CCNc3nc(=O)c(Cc4cnc(=O)[nH]c4)c[nH]3)cc2)ccc1Cl. The van der Waals surface area contributed by atoms with Gasteiger partial charge in [0.05, 0.1) is 0 Å². The van der Waals surface area contributed by atoms with E-state index in [2.05, 4.69) is 25.3 Å². The van der Waals surface area contributed by atoms with Gasteiger partial charge in [-0.2, -0.15) is 4.98 Å². The highest BCUT2D eigenvalue weighted by Crippen LogP contribution is 2.26. The Morgan fingerprint density at radius 2 is 1.79 bits per heavy atom. The molecule has 0 amide bonds. The van der Waals surface area contributed by atoms with Gasteiger partial charge in [-0.25, -0.2) is 9.78 Å². The molecule has 9 heteroatoms. The molecule has 0 saturated carbocycles. The van der Waals surface area contributed by atoms with Gasteiger partial charge in [0.1, 0.15) is 11.5 Å². The molecule has 0 bridgehead atoms. The Kier molecular flexibility index (Phi) is 6.85. The first-order valence-electron chi connectivity index (χ1n) is 10.4. The quantitative estimate of drug-likeness (QED) is 0.366. The number of aromatic nitrogens is 4. The lowest BCUT2D eigenvalue weighted by atomic mass is 10.1. The van der Waals surface area contributed by atoms with Crippen LogP contribution in [0.1, 0.15) is 22.3 Å². The zero-order valence-electron chi connectivity index (χ0n) is 17.9. The molecule has 0 aliphatic carbocycles. The van der Waals surface area contributed by atoms with Gasteiger partial charge in [-0.1, -0.05) is 23.7 Å². The number of nitrogens with one attached hydrogen (secondary N) is 3. The second kappa shape index (κ2) is 10.1. The number of benzene rings is 2. The molecule has 0 fully saturated rings. The van der Waals surface area contributed by atoms with Crippen molar-refractivity contribution in [1.29, 1.82) is 0 Å². The van der Waals surface area contributed by atoms with Crippen LogP contribution in [0.25, 0.3) is 0 Å². The van der Waals surface area contributed by atoms with E-state index in [1.165, 1.54) is 12.4 Å². The number of ether oxygens (including phenoxy) is 1. The summed E-state index contributed by atoms with van der Waals surface area (Å²) in [6.45, 7) is 2.54. The Bertz CT molecular complexity index is 1350. The Morgan fingerprint density at radius 3 is 2.48 bits per heavy atom. The van der Waals surface area contributed by atoms with Crippen molar-refractivity contribution in [3.63, 3.8) is 0 Å². The first-order chi connectivity index (χ1) is 16.0. The van der Waals surface area contributed by atoms with Crippen molar-refractivity contribution in [3.8, 4) is 11.5 Å². The molecule has 3 N–H and O–H groups in total. The lowest BCUT2D eigenvalue weighted by molar-refractivity contribution is 0.482. The molecule has 0 spiro atoms. The molecule has 0 unspecified atom stereocenters. The number of halogens is 1. The molecule has 33 heavy (non-hydrogen) atoms. The first-order valence-corrected chi connectivity index (χ1v) is 10.7. The third-order valence-electron chi connectivity index (χ3n) is 4.99. The molecule has 0 aliphatic heterocycles. The lowest BCUT2D eigenvalue weighted by Gasteiger charge is -2.09. The van der Waals surface area contributed by atoms with E-state index in [4.69, 9.17) is 16.3 Å². The summed E-state index contributed by atoms with van der Waals surface area (Å²) in [6, 6.07) is 13.4. The standard InChI is InChI=1S/C24H22ClN5O3/c1-15-10-20(6-7-21(15)25)33-19-4-2-16(3-5-19)8-9-26-23-27-14-18(22(31)30-23)11-17-12-28-24(32)29-13-17/h2-7,10,12-14H,8-9,11H2,1H3,(H,28,29,32)(H2,26,27,30,31). The van der Waals surface area contributed by atoms with Gasteiger partial charge in [-0.15, -0.1) is 0 Å². The highest BCUT2D eigenvalue weighted by Gasteiger charge is 2.06. The summed E-state index contributed by atoms with van der Waals surface area (Å²) in [5.41, 5.74) is 2.53. The van der Waals surface area contributed by atoms with E-state index in [0.717, 1.165) is 34.6 Å². The van der Waals surface area contributed by atoms with E-state index in [9.17, 15) is 9.59 Å². The number of rotatable bonds is 8. The van der Waals surface area contributed by atoms with Crippen LogP contribution in [0.15, 0.2) is 70.6 Å². The molecule has 0 saturated heterocycles. The Morgan fingerprint density at radius 1 is 1.00 bits per heavy atom. The van der Waals surface area contributed by atoms with Gasteiger partial charge >= 0.3 is 5.69 Å². The smallest absolute Gasteiger partial charge is 0.344 e. The number of hydrogen-bond acceptors (Lipinski definition) is 6. The lowest BCUT2D eigenvalue weighted by Crippen LogP contribution is -2.18. The van der Waals surface area contributed by atoms with Crippen LogP contribution in [0.5, 0.6) is 11.5 Å². The maximum atomic E-state index is 12.3. The van der Waals surface area contributed by atoms with Crippen molar-refractivity contribution in [2.24, 2.45) is 0 Å². The Labute approximate surface area is 194 Å². The third-order valence-corrected chi connectivity index (χ3v) is 5.41. The van der Waals surface area contributed by atoms with Crippen LogP contribution in [0.2, 0.25) is 5.02 Å². The van der Waals surface area contributed by atoms with Crippen LogP contribution in [-0.4, -0.2) is 26.5 Å². The van der Waals surface area contributed by atoms with E-state index in [1.54, 1.807) is 6.20 Å². The van der Waals surface area contributed by atoms with E-state index >= 15 is 0 Å². The molecule has 2 heterocycles. The number of nitrogens with zero attached hydrogens (tertiary/aromatic N) is 2. The molecular formula is C24H22ClN5O3. The fraction of sp³-hybridized carbons (Fsp3) is 0.167. The van der Waals surface area contributed by atoms with E-state index in [1.807, 2.05) is 49.4 Å². The van der Waals surface area contributed by atoms with E-state index < -0.39 is 5.69 Å². The Balaban J connectivity index is 1.29. The predicted molar refractivity (Wildman–Crippen MR) is 127 cm³/mol. The Hall–Kier alpha value is -3.91. The minimum absolute atomic E-state index is 0.330. The fourth-order valence-corrected chi connectivity index (χ4v) is 3.31. The van der Waals surface area contributed by atoms with Gasteiger partial charge in [0.2, 0.25) is 5.95 Å². The van der Waals surface area contributed by atoms with Gasteiger partial charge in [0.15, 0.2) is 0 Å². The highest BCUT2D eigenvalue weighted by atomic mass is 35.5. The number of aromatic amines is 2. The van der Waals surface area contributed by atoms with Gasteiger partial charge in [-0.05, 0) is 60.4 Å². The monoisotopic (exact) mass is 463 g/mol. The summed E-state index contributed by atoms with van der Waals surface area (Å²) >= 11 is 6.05. The van der Waals surface area contributed by atoms with E-state index in [0.29, 0.717) is 29.5 Å². The highest BCUT2D eigenvalue weighted by molar-refractivity contribution is 6.31. The summed E-state index contributed by atoms with van der Waals surface area (Å²) in [6.07, 6.45) is 5.67. The molecule has 4 rings (SSSR count). The van der Waals surface area contributed by atoms with Crippen molar-refractivity contribution in [2.45, 2.75) is 19.8 Å². The maximum absolute atomic E-state index is 12.3. The van der Waals surface area contributed by atoms with Gasteiger partial charge in [-0.3, -0.25) is 4.79 Å². The molecule has 2 aromatic carbocycles. The van der Waals surface area contributed by atoms with Crippen LogP contribution in [0.4, 0.5) is 5.95 Å². The average molecular weight is 464 g/mol. The van der Waals surface area contributed by atoms with Crippen LogP contribution in [0, 0.1) is 6.92 Å². The summed E-state index contributed by atoms with van der Waals surface area (Å²) in [7, 11) is 0. The summed E-state index contributed by atoms with van der Waals surface area (Å²) in [5, 5.41) is 3.84. The second-order valence-electron chi connectivity index (χ2n) is 7.52. The summed E-state index contributed by atoms with van der Waals surface area (Å²) in [5.74, 6) is 1.88. The third kappa shape index (κ3) is 6.08. The molecule has 0 radical (unpaired) electrons. The van der Waals surface area contributed by atoms with E-state index in [-0.39, 0.29) is 5.56 Å². The van der Waals surface area contributed by atoms with Crippen LogP contribution >= 0.6 is 11.6 Å². The number of anilines is 1. The second-order valence-corrected chi connectivity index (χ2v) is 7.92. The predicted octanol–water partition coefficient (Wildman–Crippen LogP) is 3.85. The number of H-pyrrole nitrogens is 2. The molecule has 2 aromatic heterocycles. The molecule has 168 valence electrons. The van der Waals surface area contributed by atoms with Gasteiger partial charge in [0.25, 0.3) is 5.56 Å². The largest absolute Gasteiger partial charge is 0.457 e. The van der Waals surface area contributed by atoms with Crippen molar-refractivity contribution >= 4 is 17.5 Å². The van der Waals surface area contributed by atoms with Crippen LogP contribution in [0.3, 0.4) is 0 Å². The number of hydrogen-bond donors (Lipinski definition) is 3. The maximum Gasteiger partial charge on any atom is 0.344 e. The zero-order chi connectivity index (χ0) is 23.2. The van der Waals surface area contributed by atoms with Crippen molar-refractivity contribution in [1.82, 2.24) is 19.9 Å². The molecule has 8 nitrogen and oxygen atoms in total. The summed E-state index contributed by atoms with van der Waals surface area (Å²) < 4.78 is 5.87. The van der Waals surface area contributed by atoms with Gasteiger partial charge in [0, 0.05) is 42.1 Å². The summed E-state index contributed by atoms with van der Waals surface area (Å²) in [4.78, 5) is 36.5. The van der Waals surface area contributed by atoms with Crippen LogP contribution in [-0.2, 0) is 12.8 Å². The van der Waals surface area contributed by atoms with Crippen LogP contribution < -0.4 is 21.3 Å². The molecular weight excluding hydrogens is 442 g/mol. The molecule has 4 aromatic rings. The normalized spacial score (nSPS) is 10.7. The average Bonchev–Trinajstić information content (AvgIpc) is 2.81. The molecule has 0 aliphatic rings. The molecule has 0 atom stereocenters. The minimum atomic E-state index is -0.427. The van der Waals surface area contributed by atoms with Crippen molar-refractivity contribution in [2.75, 3.05) is 11.9 Å². The van der Waals surface area contributed by atoms with Crippen molar-refractivity contribution in [3.05, 3.63) is 109 Å². The minimum Gasteiger partial charge on any atom is -0.457 e.